The fraction of sp³-hybridized carbons (Fsp3) is 0.364. The quantitative estimate of drug-likeness (QED) is 0.767. The van der Waals surface area contributed by atoms with E-state index in [9.17, 15) is 4.79 Å². The molecule has 70 valence electrons. The molecule has 1 aromatic rings. The van der Waals surface area contributed by atoms with E-state index in [1.807, 2.05) is 31.2 Å². The van der Waals surface area contributed by atoms with Gasteiger partial charge in [-0.05, 0) is 19.4 Å². The molecular formula is C11H15NO. The predicted octanol–water partition coefficient (Wildman–Crippen LogP) is 1.97. The molecule has 1 atom stereocenters. The van der Waals surface area contributed by atoms with Crippen molar-refractivity contribution in [3.63, 3.8) is 0 Å². The summed E-state index contributed by atoms with van der Waals surface area (Å²) in [5, 5.41) is 0. The van der Waals surface area contributed by atoms with Crippen molar-refractivity contribution in [3.05, 3.63) is 35.4 Å². The minimum absolute atomic E-state index is 0.132. The second-order valence-electron chi connectivity index (χ2n) is 3.42. The van der Waals surface area contributed by atoms with E-state index < -0.39 is 0 Å². The molecule has 0 aliphatic heterocycles. The Bertz CT molecular complexity index is 289. The van der Waals surface area contributed by atoms with Crippen molar-refractivity contribution in [3.8, 4) is 0 Å². The van der Waals surface area contributed by atoms with E-state index in [2.05, 4.69) is 0 Å². The second kappa shape index (κ2) is 4.19. The molecule has 2 nitrogen and oxygen atoms in total. The van der Waals surface area contributed by atoms with Crippen LogP contribution < -0.4 is 5.73 Å². The highest BCUT2D eigenvalue weighted by molar-refractivity contribution is 5.76. The molecule has 0 heterocycles. The van der Waals surface area contributed by atoms with Gasteiger partial charge in [0, 0.05) is 12.5 Å². The number of nitrogens with two attached hydrogens (primary N) is 1. The molecule has 0 amide bonds. The summed E-state index contributed by atoms with van der Waals surface area (Å²) >= 11 is 0. The molecule has 0 fully saturated rings. The lowest BCUT2D eigenvalue weighted by Crippen LogP contribution is -2.13. The fourth-order valence-electron chi connectivity index (χ4n) is 1.24. The Morgan fingerprint density at radius 1 is 1.38 bits per heavy atom. The number of carbonyl (C=O) groups excluding carboxylic acids is 1. The zero-order chi connectivity index (χ0) is 9.84. The van der Waals surface area contributed by atoms with Gasteiger partial charge in [0.05, 0.1) is 0 Å². The topological polar surface area (TPSA) is 43.1 Å². The van der Waals surface area contributed by atoms with Crippen LogP contribution in [0.4, 0.5) is 0 Å². The molecule has 1 rings (SSSR count). The number of aryl methyl sites for hydroxylation is 1. The molecular weight excluding hydrogens is 162 g/mol. The van der Waals surface area contributed by atoms with Crippen LogP contribution in [0.3, 0.4) is 0 Å². The molecule has 0 aromatic heterocycles. The maximum absolute atomic E-state index is 10.8. The minimum atomic E-state index is -0.155. The van der Waals surface area contributed by atoms with Gasteiger partial charge in [-0.2, -0.15) is 0 Å². The highest BCUT2D eigenvalue weighted by Crippen LogP contribution is 2.14. The number of benzene rings is 1. The first kappa shape index (κ1) is 9.93. The Labute approximate surface area is 78.8 Å². The normalized spacial score (nSPS) is 12.5. The van der Waals surface area contributed by atoms with E-state index in [1.165, 1.54) is 5.56 Å². The number of Topliss-reactive ketones (excluding diaryl/α,β-unsaturated/α-hetero) is 1. The van der Waals surface area contributed by atoms with Crippen LogP contribution in [0.15, 0.2) is 24.3 Å². The average Bonchev–Trinajstić information content (AvgIpc) is 2.04. The maximum atomic E-state index is 10.8. The fourth-order valence-corrected chi connectivity index (χ4v) is 1.24. The van der Waals surface area contributed by atoms with Gasteiger partial charge in [-0.3, -0.25) is 4.79 Å². The monoisotopic (exact) mass is 177 g/mol. The Morgan fingerprint density at radius 3 is 2.38 bits per heavy atom. The number of ketones is 1. The third-order valence-corrected chi connectivity index (χ3v) is 2.01. The van der Waals surface area contributed by atoms with Crippen LogP contribution in [0.2, 0.25) is 0 Å². The summed E-state index contributed by atoms with van der Waals surface area (Å²) in [4.78, 5) is 10.8. The average molecular weight is 177 g/mol. The Balaban J connectivity index is 2.71. The molecule has 0 aliphatic rings. The molecule has 0 saturated carbocycles. The second-order valence-corrected chi connectivity index (χ2v) is 3.42. The number of hydrogen-bond acceptors (Lipinski definition) is 2. The van der Waals surface area contributed by atoms with Gasteiger partial charge in [0.2, 0.25) is 0 Å². The van der Waals surface area contributed by atoms with Crippen LogP contribution in [0, 0.1) is 6.92 Å². The van der Waals surface area contributed by atoms with Crippen molar-refractivity contribution in [2.45, 2.75) is 26.3 Å². The number of rotatable bonds is 3. The van der Waals surface area contributed by atoms with Crippen LogP contribution in [0.5, 0.6) is 0 Å². The molecule has 1 aromatic carbocycles. The molecule has 2 N–H and O–H groups in total. The Hall–Kier alpha value is -1.15. The summed E-state index contributed by atoms with van der Waals surface area (Å²) in [6, 6.07) is 7.81. The van der Waals surface area contributed by atoms with E-state index in [1.54, 1.807) is 6.92 Å². The summed E-state index contributed by atoms with van der Waals surface area (Å²) in [5.41, 5.74) is 8.06. The van der Waals surface area contributed by atoms with Crippen LogP contribution in [-0.2, 0) is 4.79 Å². The van der Waals surface area contributed by atoms with E-state index >= 15 is 0 Å². The SMILES string of the molecule is CC(=O)CC(N)c1ccc(C)cc1. The van der Waals surface area contributed by atoms with Crippen molar-refractivity contribution in [2.75, 3.05) is 0 Å². The first-order chi connectivity index (χ1) is 6.09. The molecule has 0 bridgehead atoms. The summed E-state index contributed by atoms with van der Waals surface area (Å²) in [5.74, 6) is 0.132. The van der Waals surface area contributed by atoms with Gasteiger partial charge in [0.15, 0.2) is 0 Å². The summed E-state index contributed by atoms with van der Waals surface area (Å²) in [6.07, 6.45) is 0.420. The van der Waals surface area contributed by atoms with Gasteiger partial charge >= 0.3 is 0 Å². The molecule has 2 heteroatoms. The standard InChI is InChI=1S/C11H15NO/c1-8-3-5-10(6-4-8)11(12)7-9(2)13/h3-6,11H,7,12H2,1-2H3. The molecule has 0 spiro atoms. The van der Waals surface area contributed by atoms with Crippen molar-refractivity contribution in [1.29, 1.82) is 0 Å². The van der Waals surface area contributed by atoms with E-state index in [0.717, 1.165) is 5.56 Å². The first-order valence-corrected chi connectivity index (χ1v) is 4.41. The van der Waals surface area contributed by atoms with E-state index in [4.69, 9.17) is 5.73 Å². The van der Waals surface area contributed by atoms with Crippen LogP contribution in [0.1, 0.15) is 30.5 Å². The van der Waals surface area contributed by atoms with Crippen molar-refractivity contribution in [2.24, 2.45) is 5.73 Å². The predicted molar refractivity (Wildman–Crippen MR) is 53.4 cm³/mol. The van der Waals surface area contributed by atoms with Crippen LogP contribution in [0.25, 0.3) is 0 Å². The van der Waals surface area contributed by atoms with E-state index in [0.29, 0.717) is 6.42 Å². The van der Waals surface area contributed by atoms with E-state index in [-0.39, 0.29) is 11.8 Å². The first-order valence-electron chi connectivity index (χ1n) is 4.41. The zero-order valence-electron chi connectivity index (χ0n) is 8.08. The summed E-state index contributed by atoms with van der Waals surface area (Å²) < 4.78 is 0. The summed E-state index contributed by atoms with van der Waals surface area (Å²) in [6.45, 7) is 3.59. The maximum Gasteiger partial charge on any atom is 0.131 e. The van der Waals surface area contributed by atoms with Gasteiger partial charge in [0.25, 0.3) is 0 Å². The zero-order valence-corrected chi connectivity index (χ0v) is 8.08. The lowest BCUT2D eigenvalue weighted by atomic mass is 10.0. The molecule has 0 radical (unpaired) electrons. The lowest BCUT2D eigenvalue weighted by molar-refractivity contribution is -0.117. The highest BCUT2D eigenvalue weighted by Gasteiger charge is 2.07. The molecule has 1 unspecified atom stereocenters. The third-order valence-electron chi connectivity index (χ3n) is 2.01. The molecule has 0 aliphatic carbocycles. The Morgan fingerprint density at radius 2 is 1.92 bits per heavy atom. The molecule has 0 saturated heterocycles. The minimum Gasteiger partial charge on any atom is -0.324 e. The summed E-state index contributed by atoms with van der Waals surface area (Å²) in [7, 11) is 0. The Kier molecular flexibility index (Phi) is 3.20. The van der Waals surface area contributed by atoms with Gasteiger partial charge in [0.1, 0.15) is 5.78 Å². The lowest BCUT2D eigenvalue weighted by Gasteiger charge is -2.09. The van der Waals surface area contributed by atoms with Gasteiger partial charge in [-0.15, -0.1) is 0 Å². The van der Waals surface area contributed by atoms with Crippen molar-refractivity contribution in [1.82, 2.24) is 0 Å². The third kappa shape index (κ3) is 2.99. The smallest absolute Gasteiger partial charge is 0.131 e. The highest BCUT2D eigenvalue weighted by atomic mass is 16.1. The largest absolute Gasteiger partial charge is 0.324 e. The molecule has 13 heavy (non-hydrogen) atoms. The number of hydrogen-bond donors (Lipinski definition) is 1. The van der Waals surface area contributed by atoms with Crippen molar-refractivity contribution < 1.29 is 4.79 Å². The van der Waals surface area contributed by atoms with Gasteiger partial charge in [-0.1, -0.05) is 29.8 Å². The van der Waals surface area contributed by atoms with Gasteiger partial charge in [-0.25, -0.2) is 0 Å². The van der Waals surface area contributed by atoms with Gasteiger partial charge < -0.3 is 5.73 Å². The van der Waals surface area contributed by atoms with Crippen LogP contribution >= 0.6 is 0 Å². The number of carbonyl (C=O) groups is 1. The van der Waals surface area contributed by atoms with Crippen LogP contribution in [-0.4, -0.2) is 5.78 Å². The van der Waals surface area contributed by atoms with Crippen molar-refractivity contribution >= 4 is 5.78 Å².